The van der Waals surface area contributed by atoms with E-state index in [2.05, 4.69) is 33.8 Å². The normalized spacial score (nSPS) is 23.3. The number of ether oxygens (including phenoxy) is 2. The van der Waals surface area contributed by atoms with Gasteiger partial charge in [-0.3, -0.25) is 0 Å². The topological polar surface area (TPSA) is 55.8 Å². The molecule has 1 N–H and O–H groups in total. The van der Waals surface area contributed by atoms with Crippen molar-refractivity contribution < 1.29 is 19.4 Å². The number of rotatable bonds is 4. The highest BCUT2D eigenvalue weighted by atomic mass is 16.5. The first kappa shape index (κ1) is 18.8. The van der Waals surface area contributed by atoms with E-state index in [1.807, 2.05) is 0 Å². The number of methoxy groups -OCH3 is 1. The lowest BCUT2D eigenvalue weighted by atomic mass is 9.67. The number of hydrogen-bond donors (Lipinski definition) is 1. The van der Waals surface area contributed by atoms with Crippen molar-refractivity contribution >= 4 is 5.97 Å². The molecule has 4 heteroatoms. The van der Waals surface area contributed by atoms with Gasteiger partial charge in [0.15, 0.2) is 0 Å². The van der Waals surface area contributed by atoms with Crippen LogP contribution in [0.4, 0.5) is 0 Å². The van der Waals surface area contributed by atoms with Gasteiger partial charge in [0.1, 0.15) is 22.7 Å². The van der Waals surface area contributed by atoms with E-state index in [0.29, 0.717) is 17.7 Å². The Balaban J connectivity index is 2.25. The molecule has 0 radical (unpaired) electrons. The van der Waals surface area contributed by atoms with Crippen LogP contribution in [0.15, 0.2) is 17.7 Å². The molecule has 0 spiro atoms. The number of carbonyl (C=O) groups is 1. The maximum absolute atomic E-state index is 12.6. The Morgan fingerprint density at radius 2 is 2.15 bits per heavy atom. The van der Waals surface area contributed by atoms with Crippen molar-refractivity contribution in [2.75, 3.05) is 7.11 Å². The monoisotopic (exact) mass is 358 g/mol. The molecular formula is C22H30O4. The molecule has 1 aromatic carbocycles. The largest absolute Gasteiger partial charge is 0.507 e. The number of esters is 1. The van der Waals surface area contributed by atoms with E-state index >= 15 is 0 Å². The fraction of sp³-hybridized carbons (Fsp3) is 0.591. The summed E-state index contributed by atoms with van der Waals surface area (Å²) in [5.41, 5.74) is 2.95. The first-order valence-corrected chi connectivity index (χ1v) is 9.63. The average Bonchev–Trinajstić information content (AvgIpc) is 2.58. The Morgan fingerprint density at radius 3 is 2.81 bits per heavy atom. The van der Waals surface area contributed by atoms with Crippen molar-refractivity contribution in [3.8, 4) is 11.5 Å². The van der Waals surface area contributed by atoms with E-state index in [4.69, 9.17) is 9.47 Å². The Kier molecular flexibility index (Phi) is 5.05. The van der Waals surface area contributed by atoms with Crippen LogP contribution in [-0.2, 0) is 11.2 Å². The van der Waals surface area contributed by atoms with Crippen molar-refractivity contribution in [2.24, 2.45) is 5.92 Å². The molecule has 3 rings (SSSR count). The fourth-order valence-corrected chi connectivity index (χ4v) is 4.50. The molecule has 0 unspecified atom stereocenters. The highest BCUT2D eigenvalue weighted by Gasteiger charge is 2.47. The van der Waals surface area contributed by atoms with Crippen LogP contribution >= 0.6 is 0 Å². The highest BCUT2D eigenvalue weighted by Crippen LogP contribution is 2.55. The van der Waals surface area contributed by atoms with Gasteiger partial charge in [-0.05, 0) is 58.1 Å². The van der Waals surface area contributed by atoms with Gasteiger partial charge in [0.25, 0.3) is 0 Å². The standard InChI is InChI=1S/C22H30O4/c1-6-7-8-14-12-17(23)19-15-11-13(2)9-10-16(15)22(3,4)26-20(19)18(14)21(24)25-5/h11-12,15-16,23H,6-10H2,1-5H3/t15-,16-/m1/s1. The molecule has 2 atom stereocenters. The molecule has 4 nitrogen and oxygen atoms in total. The van der Waals surface area contributed by atoms with E-state index in [9.17, 15) is 9.90 Å². The minimum absolute atomic E-state index is 0.0612. The zero-order valence-corrected chi connectivity index (χ0v) is 16.5. The van der Waals surface area contributed by atoms with Crippen LogP contribution in [-0.4, -0.2) is 23.8 Å². The van der Waals surface area contributed by atoms with E-state index < -0.39 is 11.6 Å². The quantitative estimate of drug-likeness (QED) is 0.599. The minimum atomic E-state index is -0.409. The molecule has 1 heterocycles. The molecule has 0 bridgehead atoms. The van der Waals surface area contributed by atoms with Crippen LogP contribution in [0.1, 0.15) is 80.8 Å². The minimum Gasteiger partial charge on any atom is -0.507 e. The summed E-state index contributed by atoms with van der Waals surface area (Å²) < 4.78 is 11.5. The first-order valence-electron chi connectivity index (χ1n) is 9.63. The van der Waals surface area contributed by atoms with Gasteiger partial charge in [0.05, 0.1) is 7.11 Å². The van der Waals surface area contributed by atoms with Crippen LogP contribution < -0.4 is 4.74 Å². The van der Waals surface area contributed by atoms with Gasteiger partial charge in [-0.25, -0.2) is 4.79 Å². The number of phenols is 1. The van der Waals surface area contributed by atoms with Crippen LogP contribution in [0, 0.1) is 5.92 Å². The maximum Gasteiger partial charge on any atom is 0.341 e. The van der Waals surface area contributed by atoms with E-state index in [0.717, 1.165) is 36.8 Å². The van der Waals surface area contributed by atoms with Crippen LogP contribution in [0.3, 0.4) is 0 Å². The molecule has 1 aliphatic heterocycles. The SMILES string of the molecule is CCCCc1cc(O)c2c(c1C(=O)OC)OC(C)(C)[C@@H]1CCC(C)=C[C@@H]21. The van der Waals surface area contributed by atoms with Crippen LogP contribution in [0.2, 0.25) is 0 Å². The number of aromatic hydroxyl groups is 1. The molecule has 1 aromatic rings. The van der Waals surface area contributed by atoms with Crippen molar-refractivity contribution in [1.29, 1.82) is 0 Å². The van der Waals surface area contributed by atoms with Gasteiger partial charge >= 0.3 is 5.97 Å². The number of aryl methyl sites for hydroxylation is 1. The second kappa shape index (κ2) is 6.98. The Hall–Kier alpha value is -1.97. The van der Waals surface area contributed by atoms with E-state index in [1.54, 1.807) is 6.07 Å². The van der Waals surface area contributed by atoms with Crippen molar-refractivity contribution in [3.63, 3.8) is 0 Å². The molecule has 142 valence electrons. The van der Waals surface area contributed by atoms with E-state index in [1.165, 1.54) is 12.7 Å². The van der Waals surface area contributed by atoms with E-state index in [-0.39, 0.29) is 17.6 Å². The lowest BCUT2D eigenvalue weighted by Crippen LogP contribution is -2.45. The molecule has 0 saturated heterocycles. The third-order valence-electron chi connectivity index (χ3n) is 5.91. The van der Waals surface area contributed by atoms with Crippen molar-refractivity contribution in [1.82, 2.24) is 0 Å². The lowest BCUT2D eigenvalue weighted by Gasteiger charge is -2.47. The summed E-state index contributed by atoms with van der Waals surface area (Å²) in [6.45, 7) is 8.40. The number of phenolic OH excluding ortho intramolecular Hbond substituents is 1. The Labute approximate surface area is 156 Å². The Morgan fingerprint density at radius 1 is 1.42 bits per heavy atom. The lowest BCUT2D eigenvalue weighted by molar-refractivity contribution is 0.00879. The first-order chi connectivity index (χ1) is 12.3. The average molecular weight is 358 g/mol. The number of unbranched alkanes of at least 4 members (excludes halogenated alkanes) is 1. The molecule has 0 fully saturated rings. The third kappa shape index (κ3) is 3.10. The van der Waals surface area contributed by atoms with Gasteiger partial charge in [-0.15, -0.1) is 0 Å². The summed E-state index contributed by atoms with van der Waals surface area (Å²) in [5, 5.41) is 10.8. The second-order valence-electron chi connectivity index (χ2n) is 8.16. The summed E-state index contributed by atoms with van der Waals surface area (Å²) in [5.74, 6) is 0.691. The summed E-state index contributed by atoms with van der Waals surface area (Å²) >= 11 is 0. The van der Waals surface area contributed by atoms with Crippen molar-refractivity contribution in [2.45, 2.75) is 71.3 Å². The molecule has 26 heavy (non-hydrogen) atoms. The Bertz CT molecular complexity index is 745. The number of fused-ring (bicyclic) bond motifs is 3. The van der Waals surface area contributed by atoms with Crippen LogP contribution in [0.5, 0.6) is 11.5 Å². The van der Waals surface area contributed by atoms with Gasteiger partial charge in [-0.2, -0.15) is 0 Å². The number of carbonyl (C=O) groups excluding carboxylic acids is 1. The maximum atomic E-state index is 12.6. The predicted molar refractivity (Wildman–Crippen MR) is 102 cm³/mol. The fourth-order valence-electron chi connectivity index (χ4n) is 4.50. The molecule has 0 saturated carbocycles. The molecule has 2 aliphatic rings. The van der Waals surface area contributed by atoms with Gasteiger partial charge in [0.2, 0.25) is 0 Å². The zero-order chi connectivity index (χ0) is 19.1. The van der Waals surface area contributed by atoms with Gasteiger partial charge in [-0.1, -0.05) is 25.0 Å². The number of hydrogen-bond acceptors (Lipinski definition) is 4. The third-order valence-corrected chi connectivity index (χ3v) is 5.91. The molecular weight excluding hydrogens is 328 g/mol. The summed E-state index contributed by atoms with van der Waals surface area (Å²) in [7, 11) is 1.40. The summed E-state index contributed by atoms with van der Waals surface area (Å²) in [6.07, 6.45) is 6.97. The molecule has 0 amide bonds. The van der Waals surface area contributed by atoms with Gasteiger partial charge < -0.3 is 14.6 Å². The second-order valence-corrected chi connectivity index (χ2v) is 8.16. The highest BCUT2D eigenvalue weighted by molar-refractivity contribution is 5.95. The smallest absolute Gasteiger partial charge is 0.341 e. The van der Waals surface area contributed by atoms with Crippen LogP contribution in [0.25, 0.3) is 0 Å². The summed E-state index contributed by atoms with van der Waals surface area (Å²) in [4.78, 5) is 12.6. The van der Waals surface area contributed by atoms with Crippen molar-refractivity contribution in [3.05, 3.63) is 34.4 Å². The predicted octanol–water partition coefficient (Wildman–Crippen LogP) is 5.13. The summed E-state index contributed by atoms with van der Waals surface area (Å²) in [6, 6.07) is 1.75. The number of benzene rings is 1. The molecule has 0 aromatic heterocycles. The van der Waals surface area contributed by atoms with Gasteiger partial charge in [0, 0.05) is 17.4 Å². The zero-order valence-electron chi connectivity index (χ0n) is 16.5. The number of allylic oxidation sites excluding steroid dienone is 2. The molecule has 1 aliphatic carbocycles.